The molecule has 1 heterocycles. The van der Waals surface area contributed by atoms with Crippen molar-refractivity contribution in [3.05, 3.63) is 35.0 Å². The summed E-state index contributed by atoms with van der Waals surface area (Å²) in [6.07, 6.45) is 1.79. The van der Waals surface area contributed by atoms with Crippen LogP contribution in [0.5, 0.6) is 0 Å². The summed E-state index contributed by atoms with van der Waals surface area (Å²) in [5.74, 6) is 0. The molecule has 3 heteroatoms. The van der Waals surface area contributed by atoms with Crippen LogP contribution in [-0.4, -0.2) is 12.0 Å². The third-order valence-electron chi connectivity index (χ3n) is 2.31. The molecule has 2 aromatic rings. The predicted octanol–water partition coefficient (Wildman–Crippen LogP) is 3.24. The predicted molar refractivity (Wildman–Crippen MR) is 61.0 cm³/mol. The largest absolute Gasteiger partial charge is 0.387 e. The Kier molecular flexibility index (Phi) is 2.30. The van der Waals surface area contributed by atoms with Gasteiger partial charge in [0.15, 0.2) is 0 Å². The molecule has 0 radical (unpaired) electrons. The number of hydrogen-bond acceptors (Lipinski definition) is 2. The van der Waals surface area contributed by atoms with Crippen LogP contribution in [-0.2, 0) is 0 Å². The summed E-state index contributed by atoms with van der Waals surface area (Å²) < 4.78 is 0. The lowest BCUT2D eigenvalue weighted by Gasteiger charge is -2.08. The molecule has 0 amide bonds. The summed E-state index contributed by atoms with van der Waals surface area (Å²) in [7, 11) is 1.88. The van der Waals surface area contributed by atoms with Gasteiger partial charge in [-0.25, -0.2) is 0 Å². The zero-order valence-corrected chi connectivity index (χ0v) is 8.89. The fraction of sp³-hybridized carbons (Fsp3) is 0.182. The molecule has 14 heavy (non-hydrogen) atoms. The van der Waals surface area contributed by atoms with Crippen LogP contribution in [0, 0.1) is 6.92 Å². The Morgan fingerprint density at radius 3 is 2.79 bits per heavy atom. The average molecular weight is 207 g/mol. The van der Waals surface area contributed by atoms with E-state index in [2.05, 4.69) is 10.3 Å². The molecule has 0 unspecified atom stereocenters. The minimum atomic E-state index is 0.739. The van der Waals surface area contributed by atoms with E-state index in [1.807, 2.05) is 32.2 Å². The number of aromatic nitrogens is 1. The van der Waals surface area contributed by atoms with Gasteiger partial charge in [-0.2, -0.15) is 0 Å². The zero-order valence-electron chi connectivity index (χ0n) is 8.13. The van der Waals surface area contributed by atoms with Gasteiger partial charge in [0.25, 0.3) is 0 Å². The number of nitrogens with zero attached hydrogens (tertiary/aromatic N) is 1. The molecule has 0 saturated carbocycles. The first-order valence-corrected chi connectivity index (χ1v) is 4.83. The van der Waals surface area contributed by atoms with Crippen molar-refractivity contribution >= 4 is 28.2 Å². The molecule has 0 saturated heterocycles. The van der Waals surface area contributed by atoms with Gasteiger partial charge < -0.3 is 5.32 Å². The summed E-state index contributed by atoms with van der Waals surface area (Å²) >= 11 is 6.13. The van der Waals surface area contributed by atoms with Crippen molar-refractivity contribution in [2.75, 3.05) is 12.4 Å². The van der Waals surface area contributed by atoms with Crippen LogP contribution in [0.25, 0.3) is 10.9 Å². The number of benzene rings is 1. The van der Waals surface area contributed by atoms with Gasteiger partial charge in [-0.1, -0.05) is 17.7 Å². The van der Waals surface area contributed by atoms with Crippen LogP contribution in [0.1, 0.15) is 5.56 Å². The van der Waals surface area contributed by atoms with Crippen LogP contribution in [0.2, 0.25) is 5.02 Å². The van der Waals surface area contributed by atoms with E-state index in [0.29, 0.717) is 0 Å². The van der Waals surface area contributed by atoms with Gasteiger partial charge in [0.2, 0.25) is 0 Å². The number of rotatable bonds is 1. The number of nitrogens with one attached hydrogen (secondary N) is 1. The second-order valence-electron chi connectivity index (χ2n) is 3.20. The van der Waals surface area contributed by atoms with E-state index in [1.165, 1.54) is 0 Å². The normalized spacial score (nSPS) is 10.5. The molecule has 0 aliphatic carbocycles. The van der Waals surface area contributed by atoms with Crippen molar-refractivity contribution in [3.63, 3.8) is 0 Å². The molecule has 0 aliphatic rings. The fourth-order valence-electron chi connectivity index (χ4n) is 1.57. The van der Waals surface area contributed by atoms with E-state index in [4.69, 9.17) is 11.6 Å². The van der Waals surface area contributed by atoms with Gasteiger partial charge in [-0.05, 0) is 24.6 Å². The molecular weight excluding hydrogens is 196 g/mol. The van der Waals surface area contributed by atoms with E-state index in [9.17, 15) is 0 Å². The molecular formula is C11H11ClN2. The minimum absolute atomic E-state index is 0.739. The summed E-state index contributed by atoms with van der Waals surface area (Å²) in [6.45, 7) is 2.03. The molecule has 0 aliphatic heterocycles. The Bertz CT molecular complexity index is 480. The second-order valence-corrected chi connectivity index (χ2v) is 3.60. The monoisotopic (exact) mass is 206 g/mol. The van der Waals surface area contributed by atoms with Crippen LogP contribution in [0.15, 0.2) is 24.4 Å². The number of fused-ring (bicyclic) bond motifs is 1. The third-order valence-corrected chi connectivity index (χ3v) is 2.63. The summed E-state index contributed by atoms with van der Waals surface area (Å²) in [5.41, 5.74) is 3.12. The van der Waals surface area contributed by atoms with Crippen LogP contribution < -0.4 is 5.32 Å². The molecule has 1 aromatic heterocycles. The van der Waals surface area contributed by atoms with Gasteiger partial charge in [0, 0.05) is 24.3 Å². The van der Waals surface area contributed by atoms with E-state index in [0.717, 1.165) is 27.2 Å². The Balaban J connectivity index is 2.92. The first-order valence-electron chi connectivity index (χ1n) is 4.45. The van der Waals surface area contributed by atoms with Gasteiger partial charge in [0.1, 0.15) is 0 Å². The highest BCUT2D eigenvalue weighted by molar-refractivity contribution is 6.36. The van der Waals surface area contributed by atoms with Crippen LogP contribution >= 0.6 is 11.6 Å². The van der Waals surface area contributed by atoms with Crippen LogP contribution in [0.4, 0.5) is 5.69 Å². The maximum Gasteiger partial charge on any atom is 0.0766 e. The van der Waals surface area contributed by atoms with Crippen molar-refractivity contribution in [2.45, 2.75) is 6.92 Å². The highest BCUT2D eigenvalue weighted by atomic mass is 35.5. The van der Waals surface area contributed by atoms with E-state index < -0.39 is 0 Å². The molecule has 0 atom stereocenters. The maximum absolute atomic E-state index is 6.13. The number of anilines is 1. The summed E-state index contributed by atoms with van der Waals surface area (Å²) in [6, 6.07) is 5.81. The lowest BCUT2D eigenvalue weighted by atomic mass is 10.1. The Labute approximate surface area is 87.9 Å². The van der Waals surface area contributed by atoms with Crippen molar-refractivity contribution in [1.82, 2.24) is 4.98 Å². The molecule has 0 fully saturated rings. The number of hydrogen-bond donors (Lipinski definition) is 1. The molecule has 1 aromatic carbocycles. The molecule has 72 valence electrons. The van der Waals surface area contributed by atoms with E-state index in [-0.39, 0.29) is 0 Å². The minimum Gasteiger partial charge on any atom is -0.387 e. The highest BCUT2D eigenvalue weighted by Crippen LogP contribution is 2.30. The van der Waals surface area contributed by atoms with E-state index in [1.54, 1.807) is 6.20 Å². The molecule has 2 nitrogen and oxygen atoms in total. The molecule has 1 N–H and O–H groups in total. The molecule has 0 bridgehead atoms. The van der Waals surface area contributed by atoms with Crippen molar-refractivity contribution < 1.29 is 0 Å². The topological polar surface area (TPSA) is 24.9 Å². The number of pyridine rings is 1. The van der Waals surface area contributed by atoms with Crippen molar-refractivity contribution in [1.29, 1.82) is 0 Å². The SMILES string of the molecule is CNc1ccnc2c(C)ccc(Cl)c12. The van der Waals surface area contributed by atoms with E-state index >= 15 is 0 Å². The summed E-state index contributed by atoms with van der Waals surface area (Å²) in [5, 5.41) is 4.85. The summed E-state index contributed by atoms with van der Waals surface area (Å²) in [4.78, 5) is 4.33. The fourth-order valence-corrected chi connectivity index (χ4v) is 1.83. The smallest absolute Gasteiger partial charge is 0.0766 e. The Morgan fingerprint density at radius 1 is 1.29 bits per heavy atom. The maximum atomic E-state index is 6.13. The zero-order chi connectivity index (χ0) is 10.1. The van der Waals surface area contributed by atoms with Crippen molar-refractivity contribution in [3.8, 4) is 0 Å². The van der Waals surface area contributed by atoms with Gasteiger partial charge >= 0.3 is 0 Å². The van der Waals surface area contributed by atoms with Crippen molar-refractivity contribution in [2.24, 2.45) is 0 Å². The first kappa shape index (κ1) is 9.28. The quantitative estimate of drug-likeness (QED) is 0.775. The highest BCUT2D eigenvalue weighted by Gasteiger charge is 2.06. The Morgan fingerprint density at radius 2 is 2.07 bits per heavy atom. The lowest BCUT2D eigenvalue weighted by Crippen LogP contribution is -1.92. The standard InChI is InChI=1S/C11H11ClN2/c1-7-3-4-8(12)10-9(13-2)5-6-14-11(7)10/h3-6H,1-2H3,(H,13,14). The first-order chi connectivity index (χ1) is 6.74. The third kappa shape index (κ3) is 1.32. The number of aryl methyl sites for hydroxylation is 1. The molecule has 2 rings (SSSR count). The second kappa shape index (κ2) is 3.46. The lowest BCUT2D eigenvalue weighted by molar-refractivity contribution is 1.36. The van der Waals surface area contributed by atoms with Gasteiger partial charge in [0.05, 0.1) is 10.5 Å². The van der Waals surface area contributed by atoms with Gasteiger partial charge in [-0.3, -0.25) is 4.98 Å². The van der Waals surface area contributed by atoms with Gasteiger partial charge in [-0.15, -0.1) is 0 Å². The number of halogens is 1. The molecule has 0 spiro atoms. The van der Waals surface area contributed by atoms with Crippen LogP contribution in [0.3, 0.4) is 0 Å². The Hall–Kier alpha value is -1.28. The average Bonchev–Trinajstić information content (AvgIpc) is 2.23.